The quantitative estimate of drug-likeness (QED) is 0.141. The topological polar surface area (TPSA) is 176 Å². The van der Waals surface area contributed by atoms with Crippen molar-refractivity contribution in [3.63, 3.8) is 0 Å². The Morgan fingerprint density at radius 2 is 1.17 bits per heavy atom. The average molecular weight is 902 g/mol. The molecule has 17 heteroatoms. The average Bonchev–Trinajstić information content (AvgIpc) is 3.83. The van der Waals surface area contributed by atoms with E-state index < -0.39 is 0 Å². The summed E-state index contributed by atoms with van der Waals surface area (Å²) in [6.07, 6.45) is 2.83. The van der Waals surface area contributed by atoms with Crippen LogP contribution in [0.2, 0.25) is 10.0 Å². The Morgan fingerprint density at radius 1 is 0.651 bits per heavy atom. The number of hydrogen-bond acceptors (Lipinski definition) is 10. The minimum Gasteiger partial charge on any atom is -0.383 e. The number of aromatic nitrogens is 10. The van der Waals surface area contributed by atoms with Crippen LogP contribution < -0.4 is 11.5 Å². The van der Waals surface area contributed by atoms with Crippen LogP contribution in [-0.2, 0) is 0 Å². The maximum Gasteiger partial charge on any atom is 0.186 e. The first-order valence-corrected chi connectivity index (χ1v) is 20.7. The van der Waals surface area contributed by atoms with Gasteiger partial charge in [-0.1, -0.05) is 71.7 Å². The molecule has 63 heavy (non-hydrogen) atoms. The first kappa shape index (κ1) is 42.8. The zero-order valence-corrected chi connectivity index (χ0v) is 36.4. The van der Waals surface area contributed by atoms with Crippen molar-refractivity contribution in [2.45, 2.75) is 39.1 Å². The van der Waals surface area contributed by atoms with Crippen LogP contribution in [0, 0.1) is 25.5 Å². The van der Waals surface area contributed by atoms with E-state index in [0.717, 1.165) is 44.1 Å². The van der Waals surface area contributed by atoms with Crippen LogP contribution in [0.3, 0.4) is 0 Å². The Morgan fingerprint density at radius 3 is 1.73 bits per heavy atom. The summed E-state index contributed by atoms with van der Waals surface area (Å²) in [6, 6.07) is 27.6. The summed E-state index contributed by atoms with van der Waals surface area (Å²) in [5.41, 5.74) is 20.3. The van der Waals surface area contributed by atoms with E-state index in [0.29, 0.717) is 66.5 Å². The number of rotatable bonds is 5. The van der Waals surface area contributed by atoms with Crippen LogP contribution in [0.25, 0.3) is 66.4 Å². The molecule has 6 heterocycles. The summed E-state index contributed by atoms with van der Waals surface area (Å²) < 4.78 is 29.4. The van der Waals surface area contributed by atoms with Crippen molar-refractivity contribution in [1.82, 2.24) is 49.9 Å². The predicted octanol–water partition coefficient (Wildman–Crippen LogP) is 11.6. The second-order valence-electron chi connectivity index (χ2n) is 14.6. The molecule has 0 amide bonds. The minimum atomic E-state index is -0.335. The van der Waals surface area contributed by atoms with Crippen molar-refractivity contribution in [2.24, 2.45) is 0 Å². The summed E-state index contributed by atoms with van der Waals surface area (Å²) in [5, 5.41) is 15.6. The van der Waals surface area contributed by atoms with Gasteiger partial charge in [0.05, 0.1) is 60.4 Å². The number of hydrogen-bond donors (Lipinski definition) is 3. The summed E-state index contributed by atoms with van der Waals surface area (Å²) >= 11 is 18.9. The van der Waals surface area contributed by atoms with Gasteiger partial charge in [-0.05, 0) is 81.8 Å². The van der Waals surface area contributed by atoms with Crippen LogP contribution in [0.15, 0.2) is 110 Å². The van der Waals surface area contributed by atoms with Gasteiger partial charge in [-0.25, -0.2) is 43.4 Å². The molecule has 0 spiro atoms. The third-order valence-corrected chi connectivity index (χ3v) is 11.2. The number of nitrogen functional groups attached to an aromatic ring is 2. The van der Waals surface area contributed by atoms with Crippen molar-refractivity contribution >= 4 is 90.3 Å². The van der Waals surface area contributed by atoms with Crippen molar-refractivity contribution in [3.05, 3.63) is 154 Å². The summed E-state index contributed by atoms with van der Waals surface area (Å²) in [7, 11) is 0. The number of alkyl halides is 1. The molecule has 10 rings (SSSR count). The predicted molar refractivity (Wildman–Crippen MR) is 248 cm³/mol. The van der Waals surface area contributed by atoms with E-state index >= 15 is 0 Å². The van der Waals surface area contributed by atoms with E-state index in [1.165, 1.54) is 36.9 Å². The lowest BCUT2D eigenvalue weighted by molar-refractivity contribution is 0.575. The molecular weight excluding hydrogens is 865 g/mol. The van der Waals surface area contributed by atoms with E-state index in [1.54, 1.807) is 28.9 Å². The van der Waals surface area contributed by atoms with Gasteiger partial charge in [0.15, 0.2) is 11.3 Å². The molecule has 0 aliphatic carbocycles. The summed E-state index contributed by atoms with van der Waals surface area (Å²) in [4.78, 5) is 25.7. The number of fused-ring (bicyclic) bond motifs is 4. The number of aromatic amines is 1. The molecule has 1 unspecified atom stereocenters. The number of aryl methyl sites for hydroxylation is 2. The maximum absolute atomic E-state index is 14.1. The molecule has 4 aromatic carbocycles. The van der Waals surface area contributed by atoms with Crippen molar-refractivity contribution < 1.29 is 8.78 Å². The molecule has 0 aliphatic rings. The molecular formula is C46H37Cl3F2N12. The monoisotopic (exact) mass is 900 g/mol. The van der Waals surface area contributed by atoms with Crippen LogP contribution in [0.4, 0.5) is 20.4 Å². The largest absolute Gasteiger partial charge is 0.383 e. The van der Waals surface area contributed by atoms with Gasteiger partial charge in [0.1, 0.15) is 35.9 Å². The maximum atomic E-state index is 14.1. The van der Waals surface area contributed by atoms with Crippen molar-refractivity contribution in [2.75, 3.05) is 11.5 Å². The van der Waals surface area contributed by atoms with Gasteiger partial charge < -0.3 is 11.5 Å². The van der Waals surface area contributed by atoms with Gasteiger partial charge in [-0.15, -0.1) is 11.6 Å². The number of nitrogens with one attached hydrogen (secondary N) is 1. The fraction of sp³-hybridized carbons (Fsp3) is 0.130. The lowest BCUT2D eigenvalue weighted by atomic mass is 9.98. The molecule has 2 atom stereocenters. The van der Waals surface area contributed by atoms with Crippen LogP contribution in [0.5, 0.6) is 0 Å². The standard InChI is InChI=1S/C23H18ClFN6.C17H12Cl2FN.C6H7N5/c1-12-19-22(26)27-11-28-23(19)31(30-12)13(2)17-10-15-6-4-8-18(24)21(15)29-20(17)14-5-3-7-16(25)9-14;1-10(18)14-9-12-5-3-7-15(19)17(12)21-16(14)11-4-2-6-13(20)8-11;1-3-4-5(7)8-2-9-6(4)11-10-3/h3-11,13H,1-2H3,(H2,26,27,28);2-10H,1H3;2H,1H3,(H3,7,8,9,10,11)/t13-;;/m0../s1. The fourth-order valence-corrected chi connectivity index (χ4v) is 7.93. The van der Waals surface area contributed by atoms with E-state index in [9.17, 15) is 8.78 Å². The third-order valence-electron chi connectivity index (χ3n) is 10.3. The molecule has 0 fully saturated rings. The number of para-hydroxylation sites is 2. The second kappa shape index (κ2) is 17.8. The third kappa shape index (κ3) is 8.65. The number of benzene rings is 4. The Kier molecular flexibility index (Phi) is 12.1. The molecule has 0 aliphatic heterocycles. The van der Waals surface area contributed by atoms with E-state index in [1.807, 2.05) is 76.2 Å². The highest BCUT2D eigenvalue weighted by Gasteiger charge is 2.23. The van der Waals surface area contributed by atoms with E-state index in [2.05, 4.69) is 40.2 Å². The van der Waals surface area contributed by atoms with Gasteiger partial charge in [0.25, 0.3) is 0 Å². The van der Waals surface area contributed by atoms with E-state index in [-0.39, 0.29) is 23.1 Å². The molecule has 0 bridgehead atoms. The van der Waals surface area contributed by atoms with E-state index in [4.69, 9.17) is 51.3 Å². The number of halogens is 5. The lowest BCUT2D eigenvalue weighted by Gasteiger charge is -2.19. The molecule has 10 aromatic rings. The Hall–Kier alpha value is -6.87. The first-order valence-electron chi connectivity index (χ1n) is 19.5. The molecule has 5 N–H and O–H groups in total. The Balaban J connectivity index is 0.000000146. The molecule has 0 saturated heterocycles. The minimum absolute atomic E-state index is 0.237. The number of anilines is 2. The number of pyridine rings is 2. The number of H-pyrrole nitrogens is 1. The van der Waals surface area contributed by atoms with Gasteiger partial charge in [0, 0.05) is 33.2 Å². The van der Waals surface area contributed by atoms with Gasteiger partial charge in [-0.3, -0.25) is 5.10 Å². The van der Waals surface area contributed by atoms with Crippen molar-refractivity contribution in [1.29, 1.82) is 0 Å². The first-order chi connectivity index (χ1) is 30.3. The lowest BCUT2D eigenvalue weighted by Crippen LogP contribution is -2.12. The normalized spacial score (nSPS) is 12.2. The highest BCUT2D eigenvalue weighted by atomic mass is 35.5. The van der Waals surface area contributed by atoms with Crippen LogP contribution in [-0.4, -0.2) is 49.9 Å². The molecule has 0 saturated carbocycles. The summed E-state index contributed by atoms with van der Waals surface area (Å²) in [6.45, 7) is 7.63. The Bertz CT molecular complexity index is 3320. The SMILES string of the molecule is CC(Cl)c1cc2cccc(Cl)c2nc1-c1cccc(F)c1.Cc1[nH]nc2ncnc(N)c12.Cc1nn([C@@H](C)c2cc3cccc(Cl)c3nc2-c2cccc(F)c2)c2ncnc(N)c12. The van der Waals surface area contributed by atoms with Crippen LogP contribution in [0.1, 0.15) is 47.8 Å². The number of nitrogens with zero attached hydrogens (tertiary/aromatic N) is 9. The van der Waals surface area contributed by atoms with Crippen LogP contribution >= 0.6 is 34.8 Å². The van der Waals surface area contributed by atoms with Gasteiger partial charge in [-0.2, -0.15) is 10.2 Å². The smallest absolute Gasteiger partial charge is 0.186 e. The summed E-state index contributed by atoms with van der Waals surface area (Å²) in [5.74, 6) is 0.218. The van der Waals surface area contributed by atoms with Gasteiger partial charge in [0.2, 0.25) is 0 Å². The molecule has 6 aromatic heterocycles. The highest BCUT2D eigenvalue weighted by molar-refractivity contribution is 6.35. The van der Waals surface area contributed by atoms with Gasteiger partial charge >= 0.3 is 0 Å². The molecule has 316 valence electrons. The molecule has 0 radical (unpaired) electrons. The fourth-order valence-electron chi connectivity index (χ4n) is 7.31. The Labute approximate surface area is 374 Å². The zero-order chi connectivity index (χ0) is 44.5. The number of nitrogens with two attached hydrogens (primary N) is 2. The van der Waals surface area contributed by atoms with Crippen molar-refractivity contribution in [3.8, 4) is 22.5 Å². The molecule has 12 nitrogen and oxygen atoms in total. The second-order valence-corrected chi connectivity index (χ2v) is 16.1. The highest BCUT2D eigenvalue weighted by Crippen LogP contribution is 2.37. The zero-order valence-electron chi connectivity index (χ0n) is 34.1.